The molecule has 8 rings (SSSR count). The Morgan fingerprint density at radius 1 is 0.857 bits per heavy atom. The molecule has 212 valence electrons. The van der Waals surface area contributed by atoms with Crippen molar-refractivity contribution in [3.8, 4) is 5.82 Å². The zero-order valence-corrected chi connectivity index (χ0v) is 25.3. The van der Waals surface area contributed by atoms with Crippen LogP contribution in [-0.4, -0.2) is 46.4 Å². The molecule has 0 atom stereocenters. The van der Waals surface area contributed by atoms with E-state index < -0.39 is 0 Å². The molecule has 0 bridgehead atoms. The maximum atomic E-state index is 5.32. The summed E-state index contributed by atoms with van der Waals surface area (Å²) in [5.74, 6) is 4.42. The molecule has 0 spiro atoms. The van der Waals surface area contributed by atoms with E-state index in [2.05, 4.69) is 139 Å². The molecule has 0 radical (unpaired) electrons. The molecule has 6 heterocycles. The number of hydrogen-bond donors (Lipinski definition) is 0. The topological polar surface area (TPSA) is 56.4 Å². The number of pyridine rings is 1. The predicted molar refractivity (Wildman–Crippen MR) is 159 cm³/mol. The number of rotatable bonds is 3. The number of para-hydroxylation sites is 3. The van der Waals surface area contributed by atoms with Gasteiger partial charge >= 0.3 is 20.4 Å². The van der Waals surface area contributed by atoms with Crippen LogP contribution in [0.25, 0.3) is 17.0 Å². The molecule has 0 N–H and O–H groups in total. The van der Waals surface area contributed by atoms with Gasteiger partial charge in [0.15, 0.2) is 11.6 Å². The predicted octanol–water partition coefficient (Wildman–Crippen LogP) is 3.66. The minimum absolute atomic E-state index is 0. The minimum Gasteiger partial charge on any atom is -0.324 e. The van der Waals surface area contributed by atoms with Crippen molar-refractivity contribution in [2.45, 2.75) is 0 Å². The molecule has 0 aliphatic carbocycles. The maximum Gasteiger partial charge on any atom is 2.00 e. The number of likely N-dealkylation sites (N-methyl/N-ethyl adjacent to an activating group) is 1. The molecular weight excluding hydrogens is 619 g/mol. The average molecular weight is 649 g/mol. The second-order valence-corrected chi connectivity index (χ2v) is 10.6. The van der Waals surface area contributed by atoms with Crippen LogP contribution in [0.3, 0.4) is 0 Å². The Kier molecular flexibility index (Phi) is 6.11. The van der Waals surface area contributed by atoms with Crippen LogP contribution in [0, 0.1) is 6.07 Å². The van der Waals surface area contributed by atoms with Crippen molar-refractivity contribution < 1.29 is 29.6 Å². The number of aromatic nitrogens is 6. The van der Waals surface area contributed by atoms with Crippen LogP contribution < -0.4 is 28.8 Å². The number of fused-ring (bicyclic) bond motifs is 5. The summed E-state index contributed by atoms with van der Waals surface area (Å²) in [5.41, 5.74) is 5.39. The Labute approximate surface area is 257 Å². The van der Waals surface area contributed by atoms with Crippen LogP contribution in [0.4, 0.5) is 40.5 Å². The fraction of sp³-hybridized carbons (Fsp3) is 0.194. The Hall–Kier alpha value is -4.59. The first-order valence-corrected chi connectivity index (χ1v) is 13.7. The molecule has 42 heavy (non-hydrogen) atoms. The van der Waals surface area contributed by atoms with Gasteiger partial charge in [-0.1, -0.05) is 23.9 Å². The third kappa shape index (κ3) is 3.70. The first kappa shape index (κ1) is 26.3. The summed E-state index contributed by atoms with van der Waals surface area (Å²) in [6, 6.07) is 28.3. The van der Waals surface area contributed by atoms with Gasteiger partial charge in [-0.05, 0) is 18.2 Å². The molecule has 6 aromatic rings. The van der Waals surface area contributed by atoms with Crippen molar-refractivity contribution in [1.82, 2.24) is 19.2 Å². The molecule has 2 aromatic carbocycles. The van der Waals surface area contributed by atoms with Gasteiger partial charge in [0.05, 0.1) is 32.0 Å². The number of imidazole rings is 2. The van der Waals surface area contributed by atoms with Crippen molar-refractivity contribution in [2.75, 3.05) is 46.9 Å². The van der Waals surface area contributed by atoms with Gasteiger partial charge in [0.25, 0.3) is 12.1 Å². The van der Waals surface area contributed by atoms with Crippen LogP contribution in [0.15, 0.2) is 85.3 Å². The van der Waals surface area contributed by atoms with E-state index in [-0.39, 0.29) is 20.4 Å². The summed E-state index contributed by atoms with van der Waals surface area (Å²) >= 11 is 0. The van der Waals surface area contributed by atoms with Crippen molar-refractivity contribution in [1.29, 1.82) is 0 Å². The molecule has 10 nitrogen and oxygen atoms in total. The first-order valence-electron chi connectivity index (χ1n) is 13.7. The van der Waals surface area contributed by atoms with Gasteiger partial charge in [0.2, 0.25) is 11.6 Å². The van der Waals surface area contributed by atoms with E-state index in [0.29, 0.717) is 0 Å². The molecule has 0 unspecified atom stereocenters. The van der Waals surface area contributed by atoms with Gasteiger partial charge in [0, 0.05) is 32.9 Å². The maximum absolute atomic E-state index is 5.32. The summed E-state index contributed by atoms with van der Waals surface area (Å²) in [4.78, 5) is 17.1. The fourth-order valence-electron chi connectivity index (χ4n) is 6.20. The van der Waals surface area contributed by atoms with Crippen LogP contribution in [-0.2, 0) is 34.5 Å². The van der Waals surface area contributed by atoms with E-state index in [0.717, 1.165) is 70.5 Å². The van der Waals surface area contributed by atoms with E-state index in [9.17, 15) is 0 Å². The van der Waals surface area contributed by atoms with Crippen molar-refractivity contribution >= 4 is 51.6 Å². The number of anilines is 7. The van der Waals surface area contributed by atoms with Gasteiger partial charge in [-0.15, -0.1) is 12.1 Å². The van der Waals surface area contributed by atoms with E-state index in [4.69, 9.17) is 9.97 Å². The molecule has 0 saturated heterocycles. The Balaban J connectivity index is 0.00000288. The van der Waals surface area contributed by atoms with Crippen LogP contribution in [0.5, 0.6) is 0 Å². The van der Waals surface area contributed by atoms with Crippen LogP contribution in [0.2, 0.25) is 0 Å². The van der Waals surface area contributed by atoms with Gasteiger partial charge < -0.3 is 14.8 Å². The number of hydrogen-bond acceptors (Lipinski definition) is 6. The quantitative estimate of drug-likeness (QED) is 0.166. The summed E-state index contributed by atoms with van der Waals surface area (Å²) in [7, 11) is 8.36. The van der Waals surface area contributed by atoms with Gasteiger partial charge in [-0.3, -0.25) is 9.47 Å². The summed E-state index contributed by atoms with van der Waals surface area (Å²) < 4.78 is 8.61. The van der Waals surface area contributed by atoms with Crippen molar-refractivity contribution in [3.63, 3.8) is 0 Å². The SMILES string of the molecule is CN1c2ccccc2N(c2[c-]cccc2)c2nc3n(c21)N(C)CCN3c1cccc(-n2c[n+](C)c3c2[cH-]c[n+]3C)n1.[Pd+2]. The number of nitrogens with zero attached hydrogens (tertiary/aromatic N) is 10. The standard InChI is InChI=1S/C31H30N10.Pd/c1-34-18-17-25-29(34)35(2)21-39(25)27-16-10-15-26(32-27)38-20-19-36(3)41-30-28(33-31(38)41)40(22-11-6-5-7-12-22)24-14-9-8-13-23(24)37(30)4;/h5-11,13-18,21H,19-20H2,1-4H3;/q;+2. The molecule has 4 aromatic heterocycles. The molecular formula is C31H30N10Pd+2. The fourth-order valence-corrected chi connectivity index (χ4v) is 6.20. The second-order valence-electron chi connectivity index (χ2n) is 10.6. The van der Waals surface area contributed by atoms with Crippen molar-refractivity contribution in [3.05, 3.63) is 91.4 Å². The Bertz CT molecular complexity index is 1940. The monoisotopic (exact) mass is 648 g/mol. The second kappa shape index (κ2) is 9.76. The van der Waals surface area contributed by atoms with E-state index in [1.165, 1.54) is 0 Å². The smallest absolute Gasteiger partial charge is 0.324 e. The third-order valence-corrected chi connectivity index (χ3v) is 8.12. The first-order chi connectivity index (χ1) is 20.0. The van der Waals surface area contributed by atoms with Gasteiger partial charge in [-0.2, -0.15) is 38.8 Å². The molecule has 0 saturated carbocycles. The van der Waals surface area contributed by atoms with Crippen molar-refractivity contribution in [2.24, 2.45) is 14.1 Å². The van der Waals surface area contributed by atoms with Crippen LogP contribution >= 0.6 is 0 Å². The summed E-state index contributed by atoms with van der Waals surface area (Å²) in [6.45, 7) is 1.58. The van der Waals surface area contributed by atoms with E-state index in [1.54, 1.807) is 0 Å². The molecule has 2 aliphatic rings. The van der Waals surface area contributed by atoms with E-state index >= 15 is 0 Å². The molecule has 2 aliphatic heterocycles. The number of aryl methyl sites for hydroxylation is 2. The third-order valence-electron chi connectivity index (χ3n) is 8.12. The molecule has 0 fully saturated rings. The minimum atomic E-state index is 0. The molecule has 0 amide bonds. The summed E-state index contributed by atoms with van der Waals surface area (Å²) in [5, 5.41) is 2.23. The average Bonchev–Trinajstić information content (AvgIpc) is 3.68. The summed E-state index contributed by atoms with van der Waals surface area (Å²) in [6.07, 6.45) is 4.16. The molecule has 11 heteroatoms. The largest absolute Gasteiger partial charge is 2.00 e. The van der Waals surface area contributed by atoms with E-state index in [1.807, 2.05) is 18.2 Å². The van der Waals surface area contributed by atoms with Gasteiger partial charge in [-0.25, -0.2) is 9.24 Å². The Morgan fingerprint density at radius 2 is 1.64 bits per heavy atom. The zero-order chi connectivity index (χ0) is 27.8. The Morgan fingerprint density at radius 3 is 2.45 bits per heavy atom. The van der Waals surface area contributed by atoms with Gasteiger partial charge in [0.1, 0.15) is 11.3 Å². The normalized spacial score (nSPS) is 14.1. The van der Waals surface area contributed by atoms with Crippen LogP contribution in [0.1, 0.15) is 0 Å². The zero-order valence-electron chi connectivity index (χ0n) is 23.8. The number of benzene rings is 2.